The lowest BCUT2D eigenvalue weighted by Crippen LogP contribution is -2.05. The Morgan fingerprint density at radius 1 is 1.69 bits per heavy atom. The van der Waals surface area contributed by atoms with Crippen LogP contribution in [0.4, 0.5) is 0 Å². The van der Waals surface area contributed by atoms with Crippen molar-refractivity contribution in [1.29, 1.82) is 0 Å². The fraction of sp³-hybridized carbons (Fsp3) is 0.444. The van der Waals surface area contributed by atoms with Crippen LogP contribution in [-0.4, -0.2) is 11.1 Å². The monoisotopic (exact) mass is 218 g/mol. The normalized spacial score (nSPS) is 12.8. The predicted molar refractivity (Wildman–Crippen MR) is 54.4 cm³/mol. The number of carbonyl (C=O) groups is 1. The Morgan fingerprint density at radius 2 is 2.38 bits per heavy atom. The Kier molecular flexibility index (Phi) is 3.75. The van der Waals surface area contributed by atoms with Gasteiger partial charge in [-0.3, -0.25) is 4.79 Å². The summed E-state index contributed by atoms with van der Waals surface area (Å²) in [7, 11) is 0. The Bertz CT molecular complexity index is 296. The topological polar surface area (TPSA) is 37.3 Å². The number of rotatable bonds is 4. The minimum atomic E-state index is -0.741. The van der Waals surface area contributed by atoms with E-state index in [2.05, 4.69) is 0 Å². The van der Waals surface area contributed by atoms with Crippen molar-refractivity contribution in [2.24, 2.45) is 5.92 Å². The molecule has 0 bridgehead atoms. The quantitative estimate of drug-likeness (QED) is 0.844. The molecule has 0 aliphatic rings. The molecule has 1 unspecified atom stereocenters. The van der Waals surface area contributed by atoms with E-state index in [4.69, 9.17) is 16.7 Å². The zero-order valence-corrected chi connectivity index (χ0v) is 8.86. The van der Waals surface area contributed by atoms with Crippen molar-refractivity contribution in [3.05, 3.63) is 21.3 Å². The van der Waals surface area contributed by atoms with Crippen molar-refractivity contribution < 1.29 is 9.90 Å². The summed E-state index contributed by atoms with van der Waals surface area (Å²) in [5.41, 5.74) is 0. The van der Waals surface area contributed by atoms with Crippen LogP contribution in [0.1, 0.15) is 18.2 Å². The van der Waals surface area contributed by atoms with E-state index in [-0.39, 0.29) is 12.3 Å². The molecule has 1 rings (SSSR count). The minimum absolute atomic E-state index is 0.173. The molecule has 2 nitrogen and oxygen atoms in total. The van der Waals surface area contributed by atoms with Crippen LogP contribution >= 0.6 is 22.9 Å². The van der Waals surface area contributed by atoms with E-state index in [0.717, 1.165) is 15.6 Å². The number of carboxylic acid groups (broad SMARTS) is 1. The van der Waals surface area contributed by atoms with Crippen molar-refractivity contribution in [3.8, 4) is 0 Å². The highest BCUT2D eigenvalue weighted by molar-refractivity contribution is 7.16. The Balaban J connectivity index is 2.44. The standard InChI is InChI=1S/C9H11ClO2S/c1-6(5-9(11)12)4-7-2-3-8(10)13-7/h2-3,6H,4-5H2,1H3,(H,11,12). The van der Waals surface area contributed by atoms with Crippen LogP contribution in [0.15, 0.2) is 12.1 Å². The lowest BCUT2D eigenvalue weighted by Gasteiger charge is -2.05. The summed E-state index contributed by atoms with van der Waals surface area (Å²) in [6.45, 7) is 1.93. The first kappa shape index (κ1) is 10.5. The van der Waals surface area contributed by atoms with E-state index in [1.54, 1.807) is 0 Å². The third-order valence-corrected chi connectivity index (χ3v) is 2.96. The van der Waals surface area contributed by atoms with E-state index in [1.807, 2.05) is 19.1 Å². The smallest absolute Gasteiger partial charge is 0.303 e. The van der Waals surface area contributed by atoms with Gasteiger partial charge >= 0.3 is 5.97 Å². The van der Waals surface area contributed by atoms with E-state index < -0.39 is 5.97 Å². The molecule has 0 saturated heterocycles. The van der Waals surface area contributed by atoms with Crippen molar-refractivity contribution in [2.75, 3.05) is 0 Å². The first-order chi connectivity index (χ1) is 6.08. The largest absolute Gasteiger partial charge is 0.481 e. The molecule has 1 atom stereocenters. The number of aliphatic carboxylic acids is 1. The van der Waals surface area contributed by atoms with Gasteiger partial charge in [-0.15, -0.1) is 11.3 Å². The summed E-state index contributed by atoms with van der Waals surface area (Å²) in [6, 6.07) is 3.79. The van der Waals surface area contributed by atoms with Gasteiger partial charge in [0.05, 0.1) is 4.34 Å². The molecule has 0 aliphatic heterocycles. The van der Waals surface area contributed by atoms with Gasteiger partial charge in [-0.2, -0.15) is 0 Å². The van der Waals surface area contributed by atoms with E-state index >= 15 is 0 Å². The third kappa shape index (κ3) is 3.79. The lowest BCUT2D eigenvalue weighted by atomic mass is 10.0. The summed E-state index contributed by atoms with van der Waals surface area (Å²) in [5.74, 6) is -0.567. The van der Waals surface area contributed by atoms with E-state index in [0.29, 0.717) is 0 Å². The number of thiophene rings is 1. The maximum atomic E-state index is 10.4. The highest BCUT2D eigenvalue weighted by Crippen LogP contribution is 2.24. The van der Waals surface area contributed by atoms with Crippen molar-refractivity contribution >= 4 is 28.9 Å². The lowest BCUT2D eigenvalue weighted by molar-refractivity contribution is -0.137. The predicted octanol–water partition coefficient (Wildman–Crippen LogP) is 3.05. The van der Waals surface area contributed by atoms with Crippen molar-refractivity contribution in [2.45, 2.75) is 19.8 Å². The van der Waals surface area contributed by atoms with Crippen LogP contribution in [0.25, 0.3) is 0 Å². The van der Waals surface area contributed by atoms with E-state index in [1.165, 1.54) is 11.3 Å². The highest BCUT2D eigenvalue weighted by atomic mass is 35.5. The summed E-state index contributed by atoms with van der Waals surface area (Å²) >= 11 is 7.27. The molecular formula is C9H11ClO2S. The molecule has 1 aromatic heterocycles. The molecule has 0 aliphatic carbocycles. The average molecular weight is 219 g/mol. The second-order valence-electron chi connectivity index (χ2n) is 3.11. The van der Waals surface area contributed by atoms with Crippen molar-refractivity contribution in [3.63, 3.8) is 0 Å². The molecule has 0 amide bonds. The van der Waals surface area contributed by atoms with E-state index in [9.17, 15) is 4.79 Å². The molecular weight excluding hydrogens is 208 g/mol. The van der Waals surface area contributed by atoms with Crippen LogP contribution in [0.3, 0.4) is 0 Å². The number of halogens is 1. The minimum Gasteiger partial charge on any atom is -0.481 e. The maximum absolute atomic E-state index is 10.4. The second-order valence-corrected chi connectivity index (χ2v) is 4.91. The van der Waals surface area contributed by atoms with Gasteiger partial charge in [0.15, 0.2) is 0 Å². The van der Waals surface area contributed by atoms with Gasteiger partial charge in [0.25, 0.3) is 0 Å². The summed E-state index contributed by atoms with van der Waals surface area (Å²) in [4.78, 5) is 11.5. The Labute approximate surface area is 86.2 Å². The molecule has 0 spiro atoms. The van der Waals surface area contributed by atoms with Gasteiger partial charge in [-0.1, -0.05) is 18.5 Å². The summed E-state index contributed by atoms with van der Waals surface area (Å²) < 4.78 is 0.762. The number of hydrogen-bond acceptors (Lipinski definition) is 2. The van der Waals surface area contributed by atoms with Gasteiger partial charge in [-0.05, 0) is 24.5 Å². The van der Waals surface area contributed by atoms with Gasteiger partial charge in [0, 0.05) is 11.3 Å². The maximum Gasteiger partial charge on any atom is 0.303 e. The van der Waals surface area contributed by atoms with Gasteiger partial charge in [0.2, 0.25) is 0 Å². The third-order valence-electron chi connectivity index (χ3n) is 1.70. The van der Waals surface area contributed by atoms with Crippen LogP contribution in [0.2, 0.25) is 4.34 Å². The number of carboxylic acids is 1. The Hall–Kier alpha value is -0.540. The van der Waals surface area contributed by atoms with Crippen LogP contribution < -0.4 is 0 Å². The fourth-order valence-corrected chi connectivity index (χ4v) is 2.43. The molecule has 1 aromatic rings. The molecule has 0 fully saturated rings. The molecule has 0 saturated carbocycles. The van der Waals surface area contributed by atoms with Crippen LogP contribution in [0.5, 0.6) is 0 Å². The molecule has 0 aromatic carbocycles. The van der Waals surface area contributed by atoms with Gasteiger partial charge in [0.1, 0.15) is 0 Å². The fourth-order valence-electron chi connectivity index (χ4n) is 1.18. The summed E-state index contributed by atoms with van der Waals surface area (Å²) in [6.07, 6.45) is 1.01. The first-order valence-electron chi connectivity index (χ1n) is 4.04. The van der Waals surface area contributed by atoms with Gasteiger partial charge < -0.3 is 5.11 Å². The molecule has 13 heavy (non-hydrogen) atoms. The molecule has 1 N–H and O–H groups in total. The Morgan fingerprint density at radius 3 is 2.85 bits per heavy atom. The summed E-state index contributed by atoms with van der Waals surface area (Å²) in [5, 5.41) is 8.54. The first-order valence-corrected chi connectivity index (χ1v) is 5.23. The molecule has 1 heterocycles. The SMILES string of the molecule is CC(CC(=O)O)Cc1ccc(Cl)s1. The average Bonchev–Trinajstić information content (AvgIpc) is 2.33. The zero-order chi connectivity index (χ0) is 9.84. The van der Waals surface area contributed by atoms with Crippen LogP contribution in [-0.2, 0) is 11.2 Å². The van der Waals surface area contributed by atoms with Crippen molar-refractivity contribution in [1.82, 2.24) is 0 Å². The molecule has 72 valence electrons. The molecule has 0 radical (unpaired) electrons. The van der Waals surface area contributed by atoms with Gasteiger partial charge in [-0.25, -0.2) is 0 Å². The highest BCUT2D eigenvalue weighted by Gasteiger charge is 2.09. The van der Waals surface area contributed by atoms with Crippen LogP contribution in [0, 0.1) is 5.92 Å². The molecule has 4 heteroatoms. The second kappa shape index (κ2) is 4.63. The number of hydrogen-bond donors (Lipinski definition) is 1. The zero-order valence-electron chi connectivity index (χ0n) is 7.29.